The quantitative estimate of drug-likeness (QED) is 0.250. The van der Waals surface area contributed by atoms with Crippen molar-refractivity contribution >= 4 is 12.4 Å². The number of hydrogen-bond acceptors (Lipinski definition) is 8. The molecule has 0 aliphatic carbocycles. The van der Waals surface area contributed by atoms with Gasteiger partial charge in [-0.25, -0.2) is 4.79 Å². The van der Waals surface area contributed by atoms with Crippen molar-refractivity contribution in [3.05, 3.63) is 60.2 Å². The molecule has 0 bridgehead atoms. The fourth-order valence-corrected chi connectivity index (χ4v) is 3.58. The number of benzene rings is 2. The Bertz CT molecular complexity index is 864. The van der Waals surface area contributed by atoms with Gasteiger partial charge in [0, 0.05) is 12.6 Å². The van der Waals surface area contributed by atoms with Gasteiger partial charge in [0.05, 0.1) is 25.8 Å². The first-order valence-corrected chi connectivity index (χ1v) is 12.2. The largest absolute Gasteiger partial charge is 0.497 e. The maximum Gasteiger partial charge on any atom is 0.407 e. The average Bonchev–Trinajstić information content (AvgIpc) is 2.91. The number of carbonyl (C=O) groups is 2. The maximum absolute atomic E-state index is 12.2. The van der Waals surface area contributed by atoms with E-state index in [1.807, 2.05) is 48.5 Å². The summed E-state index contributed by atoms with van der Waals surface area (Å²) in [5.41, 5.74) is 5.45. The summed E-state index contributed by atoms with van der Waals surface area (Å²) in [6.45, 7) is 4.65. The number of alkyl carbamates (subject to hydrolysis) is 1. The van der Waals surface area contributed by atoms with Crippen LogP contribution >= 0.6 is 0 Å². The molecule has 9 heteroatoms. The van der Waals surface area contributed by atoms with E-state index in [4.69, 9.17) is 14.3 Å². The van der Waals surface area contributed by atoms with Crippen molar-refractivity contribution in [2.45, 2.75) is 45.3 Å². The molecule has 0 saturated carbocycles. The first-order valence-electron chi connectivity index (χ1n) is 12.2. The predicted octanol–water partition coefficient (Wildman–Crippen LogP) is 3.20. The zero-order chi connectivity index (χ0) is 26.8. The van der Waals surface area contributed by atoms with E-state index in [0.717, 1.165) is 18.4 Å². The highest BCUT2D eigenvalue weighted by Crippen LogP contribution is 2.21. The first kappa shape index (κ1) is 30.9. The van der Waals surface area contributed by atoms with E-state index in [2.05, 4.69) is 24.9 Å². The molecule has 9 nitrogen and oxygen atoms in total. The highest BCUT2D eigenvalue weighted by molar-refractivity contribution is 5.69. The van der Waals surface area contributed by atoms with Crippen molar-refractivity contribution in [3.63, 3.8) is 0 Å². The number of methoxy groups -OCH3 is 1. The third kappa shape index (κ3) is 11.5. The lowest BCUT2D eigenvalue weighted by Crippen LogP contribution is -2.51. The van der Waals surface area contributed by atoms with Gasteiger partial charge in [0.2, 0.25) is 0 Å². The number of nitrogens with one attached hydrogen (secondary N) is 1. The molecule has 0 spiro atoms. The van der Waals surface area contributed by atoms with E-state index in [1.165, 1.54) is 7.05 Å². The van der Waals surface area contributed by atoms with Crippen LogP contribution in [0.15, 0.2) is 54.6 Å². The summed E-state index contributed by atoms with van der Waals surface area (Å²) in [4.78, 5) is 28.9. The van der Waals surface area contributed by atoms with E-state index in [0.29, 0.717) is 36.7 Å². The molecule has 2 unspecified atom stereocenters. The van der Waals surface area contributed by atoms with Crippen LogP contribution in [-0.4, -0.2) is 68.5 Å². The molecular weight excluding hydrogens is 462 g/mol. The van der Waals surface area contributed by atoms with Crippen LogP contribution in [0.3, 0.4) is 0 Å². The molecule has 2 aromatic carbocycles. The molecule has 1 amide bonds. The molecule has 0 heterocycles. The highest BCUT2D eigenvalue weighted by Gasteiger charge is 2.26. The number of ether oxygens (including phenoxy) is 2. The van der Waals surface area contributed by atoms with Gasteiger partial charge in [-0.3, -0.25) is 4.79 Å². The number of nitrogens with two attached hydrogens (primary N) is 1. The third-order valence-electron chi connectivity index (χ3n) is 5.63. The Kier molecular flexibility index (Phi) is 15.6. The highest BCUT2D eigenvalue weighted by atomic mass is 16.7. The summed E-state index contributed by atoms with van der Waals surface area (Å²) < 4.78 is 10.1. The van der Waals surface area contributed by atoms with Crippen LogP contribution in [0.25, 0.3) is 0 Å². The second-order valence-electron chi connectivity index (χ2n) is 8.07. The standard InChI is InChI=1S/C26H36N2O6.CH5N/c1-4-20(5-2)18-28(34-23-13-9-12-22(17-23)32-3)19-25(30)24(27-26(31)33-15-14-29)16-21-10-7-6-8-11-21;1-2/h6-14,17,20,24-25,30H,4-5,15-16,18-19H2,1-3H3,(H,27,31);2H2,1H3. The van der Waals surface area contributed by atoms with Gasteiger partial charge in [0.25, 0.3) is 0 Å². The van der Waals surface area contributed by atoms with Gasteiger partial charge < -0.3 is 30.5 Å². The molecule has 0 aromatic heterocycles. The van der Waals surface area contributed by atoms with Gasteiger partial charge in [0.15, 0.2) is 12.0 Å². The summed E-state index contributed by atoms with van der Waals surface area (Å²) in [6.07, 6.45) is 1.09. The number of rotatable bonds is 15. The molecule has 2 rings (SSSR count). The van der Waals surface area contributed by atoms with Crippen LogP contribution in [0.2, 0.25) is 0 Å². The average molecular weight is 504 g/mol. The molecule has 2 aromatic rings. The van der Waals surface area contributed by atoms with Crippen molar-refractivity contribution in [2.75, 3.05) is 33.9 Å². The molecule has 2 atom stereocenters. The fraction of sp³-hybridized carbons (Fsp3) is 0.481. The van der Waals surface area contributed by atoms with Crippen LogP contribution in [-0.2, 0) is 16.0 Å². The van der Waals surface area contributed by atoms with Crippen LogP contribution in [0.5, 0.6) is 11.5 Å². The van der Waals surface area contributed by atoms with E-state index in [9.17, 15) is 14.7 Å². The van der Waals surface area contributed by atoms with Gasteiger partial charge in [-0.2, -0.15) is 0 Å². The molecule has 0 fully saturated rings. The van der Waals surface area contributed by atoms with E-state index in [-0.39, 0.29) is 13.2 Å². The van der Waals surface area contributed by atoms with Gasteiger partial charge in [0.1, 0.15) is 12.4 Å². The van der Waals surface area contributed by atoms with Crippen LogP contribution in [0.1, 0.15) is 32.3 Å². The Hall–Kier alpha value is -3.14. The number of aldehydes is 1. The minimum absolute atomic E-state index is 0.152. The lowest BCUT2D eigenvalue weighted by molar-refractivity contribution is -0.110. The van der Waals surface area contributed by atoms with Crippen molar-refractivity contribution < 1.29 is 29.0 Å². The number of hydrogen-bond donors (Lipinski definition) is 3. The summed E-state index contributed by atoms with van der Waals surface area (Å²) in [5.74, 6) is 1.63. The van der Waals surface area contributed by atoms with Crippen LogP contribution < -0.4 is 20.6 Å². The molecule has 36 heavy (non-hydrogen) atoms. The molecule has 0 aliphatic heterocycles. The number of aliphatic hydroxyl groups excluding tert-OH is 1. The zero-order valence-corrected chi connectivity index (χ0v) is 21.8. The number of amides is 1. The summed E-state index contributed by atoms with van der Waals surface area (Å²) >= 11 is 0. The summed E-state index contributed by atoms with van der Waals surface area (Å²) in [5, 5.41) is 15.6. The second-order valence-corrected chi connectivity index (χ2v) is 8.07. The molecule has 0 aliphatic rings. The molecule has 0 saturated heterocycles. The zero-order valence-electron chi connectivity index (χ0n) is 21.8. The Balaban J connectivity index is 0.00000316. The van der Waals surface area contributed by atoms with Crippen molar-refractivity contribution in [3.8, 4) is 11.5 Å². The number of nitrogens with zero attached hydrogens (tertiary/aromatic N) is 1. The first-order chi connectivity index (χ1) is 17.5. The Morgan fingerprint density at radius 2 is 1.72 bits per heavy atom. The number of carbonyl (C=O) groups excluding carboxylic acids is 2. The summed E-state index contributed by atoms with van der Waals surface area (Å²) in [7, 11) is 3.09. The van der Waals surface area contributed by atoms with Crippen LogP contribution in [0.4, 0.5) is 4.79 Å². The van der Waals surface area contributed by atoms with Gasteiger partial charge >= 0.3 is 6.09 Å². The topological polar surface area (TPSA) is 123 Å². The fourth-order valence-electron chi connectivity index (χ4n) is 3.58. The van der Waals surface area contributed by atoms with Crippen molar-refractivity contribution in [2.24, 2.45) is 11.7 Å². The Labute approximate surface area is 214 Å². The van der Waals surface area contributed by atoms with E-state index < -0.39 is 18.2 Å². The number of aliphatic hydroxyl groups is 1. The lowest BCUT2D eigenvalue weighted by Gasteiger charge is -2.31. The molecule has 200 valence electrons. The van der Waals surface area contributed by atoms with Crippen molar-refractivity contribution in [1.29, 1.82) is 0 Å². The lowest BCUT2D eigenvalue weighted by atomic mass is 10.00. The SMILES string of the molecule is CCC(CC)CN(CC(O)C(Cc1ccccc1)NC(=O)OCC=O)Oc1cccc(OC)c1.CN. The Morgan fingerprint density at radius 1 is 1.06 bits per heavy atom. The smallest absolute Gasteiger partial charge is 0.407 e. The van der Waals surface area contributed by atoms with Crippen molar-refractivity contribution in [1.82, 2.24) is 10.4 Å². The van der Waals surface area contributed by atoms with Gasteiger partial charge in [-0.15, -0.1) is 5.06 Å². The minimum atomic E-state index is -0.969. The van der Waals surface area contributed by atoms with E-state index in [1.54, 1.807) is 18.2 Å². The Morgan fingerprint density at radius 3 is 2.33 bits per heavy atom. The van der Waals surface area contributed by atoms with E-state index >= 15 is 0 Å². The number of hydroxylamine groups is 2. The monoisotopic (exact) mass is 503 g/mol. The molecule has 4 N–H and O–H groups in total. The van der Waals surface area contributed by atoms with Gasteiger partial charge in [-0.1, -0.05) is 63.1 Å². The predicted molar refractivity (Wildman–Crippen MR) is 140 cm³/mol. The minimum Gasteiger partial charge on any atom is -0.497 e. The third-order valence-corrected chi connectivity index (χ3v) is 5.63. The van der Waals surface area contributed by atoms with Crippen LogP contribution in [0, 0.1) is 5.92 Å². The second kappa shape index (κ2) is 18.2. The molecule has 0 radical (unpaired) electrons. The van der Waals surface area contributed by atoms with Gasteiger partial charge in [-0.05, 0) is 37.1 Å². The molecular formula is C27H41N3O6. The summed E-state index contributed by atoms with van der Waals surface area (Å²) in [6, 6.07) is 16.2. The normalized spacial score (nSPS) is 12.2. The maximum atomic E-state index is 12.2.